The zero-order chi connectivity index (χ0) is 14.5. The molecule has 0 aromatic heterocycles. The minimum atomic E-state index is -3.10. The highest BCUT2D eigenvalue weighted by atomic mass is 32.2. The number of methoxy groups -OCH3 is 2. The van der Waals surface area contributed by atoms with Crippen molar-refractivity contribution in [1.29, 1.82) is 0 Å². The average Bonchev–Trinajstić information content (AvgIpc) is 2.36. The van der Waals surface area contributed by atoms with Crippen LogP contribution in [0.3, 0.4) is 0 Å². The van der Waals surface area contributed by atoms with E-state index in [9.17, 15) is 8.42 Å². The first-order valence-electron chi connectivity index (χ1n) is 6.04. The van der Waals surface area contributed by atoms with Gasteiger partial charge in [-0.25, -0.2) is 8.42 Å². The normalized spacial score (nSPS) is 13.1. The summed E-state index contributed by atoms with van der Waals surface area (Å²) in [6.07, 6.45) is 1.23. The van der Waals surface area contributed by atoms with Crippen molar-refractivity contribution in [2.45, 2.75) is 13.0 Å². The van der Waals surface area contributed by atoms with Crippen molar-refractivity contribution >= 4 is 9.84 Å². The Hall–Kier alpha value is -1.27. The summed E-state index contributed by atoms with van der Waals surface area (Å²) in [6, 6.07) is 5.05. The van der Waals surface area contributed by atoms with Crippen molar-refractivity contribution in [1.82, 2.24) is 5.32 Å². The molecule has 0 bridgehead atoms. The number of sulfone groups is 1. The molecule has 1 rings (SSSR count). The fourth-order valence-corrected chi connectivity index (χ4v) is 2.82. The first kappa shape index (κ1) is 15.8. The van der Waals surface area contributed by atoms with E-state index < -0.39 is 9.84 Å². The lowest BCUT2D eigenvalue weighted by atomic mass is 10.1. The van der Waals surface area contributed by atoms with Crippen LogP contribution in [0.15, 0.2) is 18.2 Å². The molecule has 19 heavy (non-hydrogen) atoms. The van der Waals surface area contributed by atoms with Gasteiger partial charge in [-0.3, -0.25) is 0 Å². The Kier molecular flexibility index (Phi) is 5.62. The molecule has 0 saturated carbocycles. The fourth-order valence-electron chi connectivity index (χ4n) is 1.92. The van der Waals surface area contributed by atoms with E-state index in [1.54, 1.807) is 32.4 Å². The molecule has 0 aliphatic heterocycles. The lowest BCUT2D eigenvalue weighted by molar-refractivity contribution is 0.392. The Morgan fingerprint density at radius 1 is 1.26 bits per heavy atom. The largest absolute Gasteiger partial charge is 0.497 e. The number of ether oxygens (including phenoxy) is 2. The van der Waals surface area contributed by atoms with Crippen LogP contribution in [-0.2, 0) is 9.84 Å². The van der Waals surface area contributed by atoms with Crippen molar-refractivity contribution in [3.63, 3.8) is 0 Å². The number of hydrogen-bond donors (Lipinski definition) is 1. The summed E-state index contributed by atoms with van der Waals surface area (Å²) in [5.74, 6) is 1.34. The molecule has 0 aliphatic carbocycles. The third kappa shape index (κ3) is 4.72. The first-order chi connectivity index (χ1) is 8.91. The predicted octanol–water partition coefficient (Wildman–Crippen LogP) is 1.40. The Balaban J connectivity index is 3.19. The van der Waals surface area contributed by atoms with E-state index in [1.165, 1.54) is 6.26 Å². The average molecular weight is 287 g/mol. The maximum absolute atomic E-state index is 11.5. The topological polar surface area (TPSA) is 64.6 Å². The molecule has 0 saturated heterocycles. The molecule has 0 radical (unpaired) electrons. The summed E-state index contributed by atoms with van der Waals surface area (Å²) in [5, 5.41) is 3.17. The molecule has 5 nitrogen and oxygen atoms in total. The summed E-state index contributed by atoms with van der Waals surface area (Å²) < 4.78 is 33.5. The van der Waals surface area contributed by atoms with E-state index in [0.29, 0.717) is 18.0 Å². The molecule has 1 N–H and O–H groups in total. The second-order valence-electron chi connectivity index (χ2n) is 4.31. The highest BCUT2D eigenvalue weighted by Crippen LogP contribution is 2.30. The molecule has 1 unspecified atom stereocenters. The van der Waals surface area contributed by atoms with Gasteiger partial charge in [-0.15, -0.1) is 0 Å². The van der Waals surface area contributed by atoms with E-state index in [-0.39, 0.29) is 11.8 Å². The van der Waals surface area contributed by atoms with E-state index in [4.69, 9.17) is 9.47 Å². The Labute approximate surface area is 114 Å². The Morgan fingerprint density at radius 2 is 1.95 bits per heavy atom. The Morgan fingerprint density at radius 3 is 2.42 bits per heavy atom. The smallest absolute Gasteiger partial charge is 0.149 e. The summed E-state index contributed by atoms with van der Waals surface area (Å²) in [7, 11) is 0.0410. The molecule has 1 aromatic rings. The van der Waals surface area contributed by atoms with Crippen LogP contribution in [0.5, 0.6) is 11.5 Å². The van der Waals surface area contributed by atoms with E-state index in [1.807, 2.05) is 6.92 Å². The molecular weight excluding hydrogens is 266 g/mol. The van der Waals surface area contributed by atoms with E-state index in [0.717, 1.165) is 5.56 Å². The molecule has 0 aliphatic rings. The highest BCUT2D eigenvalue weighted by molar-refractivity contribution is 7.90. The van der Waals surface area contributed by atoms with Crippen LogP contribution in [0.1, 0.15) is 18.5 Å². The number of rotatable bonds is 7. The van der Waals surface area contributed by atoms with Crippen LogP contribution in [0, 0.1) is 0 Å². The lowest BCUT2D eigenvalue weighted by Gasteiger charge is -2.20. The molecule has 108 valence electrons. The van der Waals surface area contributed by atoms with Crippen LogP contribution < -0.4 is 14.8 Å². The van der Waals surface area contributed by atoms with Gasteiger partial charge < -0.3 is 14.8 Å². The van der Waals surface area contributed by atoms with Gasteiger partial charge in [0.25, 0.3) is 0 Å². The zero-order valence-corrected chi connectivity index (χ0v) is 12.6. The van der Waals surface area contributed by atoms with Gasteiger partial charge in [-0.1, -0.05) is 6.92 Å². The van der Waals surface area contributed by atoms with Gasteiger partial charge in [-0.05, 0) is 24.7 Å². The van der Waals surface area contributed by atoms with Crippen molar-refractivity contribution in [2.75, 3.05) is 32.8 Å². The summed E-state index contributed by atoms with van der Waals surface area (Å²) in [5.41, 5.74) is 0.786. The SMILES string of the molecule is CCNC(CS(C)(=O)=O)c1cc(OC)ccc1OC. The quantitative estimate of drug-likeness (QED) is 0.821. The van der Waals surface area contributed by atoms with Crippen LogP contribution in [0.25, 0.3) is 0 Å². The van der Waals surface area contributed by atoms with Crippen LogP contribution in [0.2, 0.25) is 0 Å². The van der Waals surface area contributed by atoms with Crippen LogP contribution >= 0.6 is 0 Å². The first-order valence-corrected chi connectivity index (χ1v) is 8.10. The number of nitrogens with one attached hydrogen (secondary N) is 1. The van der Waals surface area contributed by atoms with Gasteiger partial charge >= 0.3 is 0 Å². The third-order valence-electron chi connectivity index (χ3n) is 2.73. The molecule has 0 heterocycles. The van der Waals surface area contributed by atoms with Gasteiger partial charge in [0.05, 0.1) is 20.0 Å². The molecule has 0 spiro atoms. The summed E-state index contributed by atoms with van der Waals surface area (Å²) in [6.45, 7) is 2.60. The predicted molar refractivity (Wildman–Crippen MR) is 75.7 cm³/mol. The maximum Gasteiger partial charge on any atom is 0.149 e. The summed E-state index contributed by atoms with van der Waals surface area (Å²) >= 11 is 0. The van der Waals surface area contributed by atoms with Crippen molar-refractivity contribution < 1.29 is 17.9 Å². The minimum Gasteiger partial charge on any atom is -0.497 e. The standard InChI is InChI=1S/C13H21NO4S/c1-5-14-12(9-19(4,15)16)11-8-10(17-2)6-7-13(11)18-3/h6-8,12,14H,5,9H2,1-4H3. The zero-order valence-electron chi connectivity index (χ0n) is 11.8. The van der Waals surface area contributed by atoms with Gasteiger partial charge in [0.1, 0.15) is 21.3 Å². The third-order valence-corrected chi connectivity index (χ3v) is 3.67. The second-order valence-corrected chi connectivity index (χ2v) is 6.50. The van der Waals surface area contributed by atoms with Crippen molar-refractivity contribution in [3.8, 4) is 11.5 Å². The Bertz CT molecular complexity index is 513. The van der Waals surface area contributed by atoms with Gasteiger partial charge in [0.2, 0.25) is 0 Å². The minimum absolute atomic E-state index is 0.0182. The monoisotopic (exact) mass is 287 g/mol. The van der Waals surface area contributed by atoms with Gasteiger partial charge in [0.15, 0.2) is 0 Å². The van der Waals surface area contributed by atoms with Gasteiger partial charge in [0, 0.05) is 17.9 Å². The van der Waals surface area contributed by atoms with E-state index >= 15 is 0 Å². The van der Waals surface area contributed by atoms with Crippen LogP contribution in [0.4, 0.5) is 0 Å². The molecule has 0 fully saturated rings. The fraction of sp³-hybridized carbons (Fsp3) is 0.538. The van der Waals surface area contributed by atoms with Crippen LogP contribution in [-0.4, -0.2) is 41.2 Å². The number of benzene rings is 1. The summed E-state index contributed by atoms with van der Waals surface area (Å²) in [4.78, 5) is 0. The molecule has 1 aromatic carbocycles. The lowest BCUT2D eigenvalue weighted by Crippen LogP contribution is -2.28. The molecular formula is C13H21NO4S. The second kappa shape index (κ2) is 6.77. The van der Waals surface area contributed by atoms with Crippen molar-refractivity contribution in [3.05, 3.63) is 23.8 Å². The van der Waals surface area contributed by atoms with Crippen molar-refractivity contribution in [2.24, 2.45) is 0 Å². The highest BCUT2D eigenvalue weighted by Gasteiger charge is 2.20. The molecule has 0 amide bonds. The molecule has 6 heteroatoms. The molecule has 1 atom stereocenters. The maximum atomic E-state index is 11.5. The number of hydrogen-bond acceptors (Lipinski definition) is 5. The van der Waals surface area contributed by atoms with Gasteiger partial charge in [-0.2, -0.15) is 0 Å². The van der Waals surface area contributed by atoms with E-state index in [2.05, 4.69) is 5.32 Å².